The van der Waals surface area contributed by atoms with E-state index in [1.807, 2.05) is 0 Å². The average Bonchev–Trinajstić information content (AvgIpc) is 2.80. The molecule has 0 fully saturated rings. The van der Waals surface area contributed by atoms with Crippen molar-refractivity contribution in [1.29, 1.82) is 0 Å². The zero-order valence-corrected chi connectivity index (χ0v) is 17.6. The number of hydrogen-bond donors (Lipinski definition) is 7. The van der Waals surface area contributed by atoms with Gasteiger partial charge in [0.05, 0.1) is 24.1 Å². The summed E-state index contributed by atoms with van der Waals surface area (Å²) in [6, 6.07) is 4.63. The molecule has 1 atom stereocenters. The number of carboxylic acid groups (broad SMARTS) is 2. The number of aromatic nitrogens is 4. The molecule has 0 saturated carbocycles. The fraction of sp³-hybridized carbons (Fsp3) is 0.211. The minimum absolute atomic E-state index is 0.00609. The Bertz CT molecular complexity index is 1280. The molecule has 34 heavy (non-hydrogen) atoms. The van der Waals surface area contributed by atoms with E-state index in [2.05, 4.69) is 30.8 Å². The van der Waals surface area contributed by atoms with Crippen molar-refractivity contribution in [1.82, 2.24) is 30.8 Å². The van der Waals surface area contributed by atoms with E-state index in [9.17, 15) is 24.3 Å². The number of nitrogen functional groups attached to an aromatic ring is 1. The van der Waals surface area contributed by atoms with Crippen LogP contribution in [0.5, 0.6) is 0 Å². The lowest BCUT2D eigenvalue weighted by Crippen LogP contribution is -2.43. The summed E-state index contributed by atoms with van der Waals surface area (Å²) in [5, 5.41) is 21.7. The van der Waals surface area contributed by atoms with Crippen LogP contribution < -0.4 is 33.0 Å². The van der Waals surface area contributed by atoms with E-state index < -0.39 is 35.9 Å². The first-order valence-corrected chi connectivity index (χ1v) is 9.78. The fourth-order valence-electron chi connectivity index (χ4n) is 2.98. The van der Waals surface area contributed by atoms with E-state index in [-0.39, 0.29) is 35.6 Å². The summed E-state index contributed by atoms with van der Waals surface area (Å²) >= 11 is 0. The number of anilines is 2. The first-order chi connectivity index (χ1) is 16.2. The van der Waals surface area contributed by atoms with Crippen molar-refractivity contribution in [3.63, 3.8) is 0 Å². The van der Waals surface area contributed by atoms with Crippen LogP contribution in [0.2, 0.25) is 0 Å². The molecule has 15 nitrogen and oxygen atoms in total. The fourth-order valence-corrected chi connectivity index (χ4v) is 2.98. The standard InChI is InChI=1S/C19H21N9O6/c20-19-25-15-14(17(32)26-19)23-10(7-22-15)8-28(27-21)11-3-1-9(2-4-11)16(31)24-12(18(33)34)5-6-13(29)30/h1-4,7,12,27H,5-6,8,21H2,(H,24,31)(H,29,30)(H,33,34)(H3,20,22,25,26,32)/t12-/m0/s1. The molecule has 3 aromatic rings. The van der Waals surface area contributed by atoms with Crippen molar-refractivity contribution in [2.75, 3.05) is 10.7 Å². The number of carbonyl (C=O) groups is 3. The Morgan fingerprint density at radius 3 is 2.47 bits per heavy atom. The van der Waals surface area contributed by atoms with Gasteiger partial charge in [0.1, 0.15) is 6.04 Å². The maximum Gasteiger partial charge on any atom is 0.326 e. The number of carbonyl (C=O) groups excluding carboxylic acids is 1. The predicted octanol–water partition coefficient (Wildman–Crippen LogP) is -1.27. The minimum atomic E-state index is -1.34. The summed E-state index contributed by atoms with van der Waals surface area (Å²) in [6.45, 7) is 0.0884. The van der Waals surface area contributed by atoms with Gasteiger partial charge < -0.3 is 21.3 Å². The summed E-state index contributed by atoms with van der Waals surface area (Å²) in [5.74, 6) is 2.35. The van der Waals surface area contributed by atoms with E-state index >= 15 is 0 Å². The molecular formula is C19H21N9O6. The first-order valence-electron chi connectivity index (χ1n) is 9.78. The van der Waals surface area contributed by atoms with Crippen molar-refractivity contribution < 1.29 is 24.6 Å². The Hall–Kier alpha value is -4.63. The second-order valence-electron chi connectivity index (χ2n) is 7.04. The third kappa shape index (κ3) is 5.78. The predicted molar refractivity (Wildman–Crippen MR) is 118 cm³/mol. The van der Waals surface area contributed by atoms with Gasteiger partial charge in [0, 0.05) is 12.0 Å². The van der Waals surface area contributed by atoms with E-state index in [1.165, 1.54) is 23.3 Å². The Morgan fingerprint density at radius 1 is 1.15 bits per heavy atom. The molecule has 0 unspecified atom stereocenters. The van der Waals surface area contributed by atoms with Crippen LogP contribution in [0.4, 0.5) is 11.6 Å². The molecule has 0 aliphatic heterocycles. The molecule has 0 radical (unpaired) electrons. The van der Waals surface area contributed by atoms with E-state index in [4.69, 9.17) is 16.7 Å². The Balaban J connectivity index is 1.72. The maximum atomic E-state index is 12.4. The third-order valence-electron chi connectivity index (χ3n) is 4.65. The van der Waals surface area contributed by atoms with Crippen LogP contribution in [-0.4, -0.2) is 54.0 Å². The van der Waals surface area contributed by atoms with Gasteiger partial charge in [0.25, 0.3) is 11.5 Å². The van der Waals surface area contributed by atoms with Crippen molar-refractivity contribution in [3.8, 4) is 0 Å². The van der Waals surface area contributed by atoms with Crippen LogP contribution in [0.25, 0.3) is 11.2 Å². The number of aromatic amines is 1. The Kier molecular flexibility index (Phi) is 7.29. The van der Waals surface area contributed by atoms with Crippen molar-refractivity contribution in [3.05, 3.63) is 52.1 Å². The molecule has 9 N–H and O–H groups in total. The normalized spacial score (nSPS) is 11.7. The smallest absolute Gasteiger partial charge is 0.326 e. The van der Waals surface area contributed by atoms with Gasteiger partial charge in [0.15, 0.2) is 11.2 Å². The van der Waals surface area contributed by atoms with Crippen LogP contribution in [0, 0.1) is 0 Å². The van der Waals surface area contributed by atoms with Gasteiger partial charge in [-0.2, -0.15) is 10.5 Å². The van der Waals surface area contributed by atoms with Crippen LogP contribution in [0.3, 0.4) is 0 Å². The molecule has 1 aromatic carbocycles. The lowest BCUT2D eigenvalue weighted by molar-refractivity contribution is -0.140. The summed E-state index contributed by atoms with van der Waals surface area (Å²) < 4.78 is 0. The zero-order chi connectivity index (χ0) is 24.8. The Morgan fingerprint density at radius 2 is 1.85 bits per heavy atom. The number of aliphatic carboxylic acids is 2. The average molecular weight is 471 g/mol. The maximum absolute atomic E-state index is 12.4. The molecule has 1 amide bonds. The molecule has 0 aliphatic rings. The monoisotopic (exact) mass is 471 g/mol. The number of nitrogens with zero attached hydrogens (tertiary/aromatic N) is 4. The van der Waals surface area contributed by atoms with Crippen LogP contribution in [0.1, 0.15) is 28.9 Å². The number of nitrogens with one attached hydrogen (secondary N) is 3. The van der Waals surface area contributed by atoms with Gasteiger partial charge in [0.2, 0.25) is 5.95 Å². The topological polar surface area (TPSA) is 243 Å². The third-order valence-corrected chi connectivity index (χ3v) is 4.65. The quantitative estimate of drug-likeness (QED) is 0.135. The number of rotatable bonds is 10. The van der Waals surface area contributed by atoms with Gasteiger partial charge in [-0.1, -0.05) is 0 Å². The first kappa shape index (κ1) is 24.0. The largest absolute Gasteiger partial charge is 0.481 e. The summed E-state index contributed by atoms with van der Waals surface area (Å²) in [5.41, 5.74) is 8.58. The van der Waals surface area contributed by atoms with Gasteiger partial charge in [-0.05, 0) is 30.7 Å². The van der Waals surface area contributed by atoms with Gasteiger partial charge >= 0.3 is 11.9 Å². The molecular weight excluding hydrogens is 450 g/mol. The van der Waals surface area contributed by atoms with Gasteiger partial charge in [-0.3, -0.25) is 30.2 Å². The number of hydrazine groups is 2. The number of H-pyrrole nitrogens is 1. The van der Waals surface area contributed by atoms with Crippen molar-refractivity contribution in [2.24, 2.45) is 5.84 Å². The number of carboxylic acids is 2. The minimum Gasteiger partial charge on any atom is -0.481 e. The van der Waals surface area contributed by atoms with Gasteiger partial charge in [-0.25, -0.2) is 14.8 Å². The van der Waals surface area contributed by atoms with Crippen molar-refractivity contribution >= 4 is 40.6 Å². The second kappa shape index (κ2) is 10.3. The summed E-state index contributed by atoms with van der Waals surface area (Å²) in [6.07, 6.45) is 0.751. The SMILES string of the molecule is NNN(Cc1cnc2nc(N)[nH]c(=O)c2n1)c1ccc(C(=O)N[C@@H](CCC(=O)O)C(=O)O)cc1. The van der Waals surface area contributed by atoms with Crippen molar-refractivity contribution in [2.45, 2.75) is 25.4 Å². The second-order valence-corrected chi connectivity index (χ2v) is 7.04. The molecule has 0 saturated heterocycles. The van der Waals surface area contributed by atoms with E-state index in [1.54, 1.807) is 12.1 Å². The molecule has 3 rings (SSSR count). The number of benzene rings is 1. The molecule has 2 aromatic heterocycles. The zero-order valence-electron chi connectivity index (χ0n) is 17.6. The van der Waals surface area contributed by atoms with Crippen LogP contribution in [-0.2, 0) is 16.1 Å². The number of nitrogens with two attached hydrogens (primary N) is 2. The lowest BCUT2D eigenvalue weighted by atomic mass is 10.1. The van der Waals surface area contributed by atoms with E-state index in [0.717, 1.165) is 0 Å². The molecule has 0 spiro atoms. The van der Waals surface area contributed by atoms with Crippen LogP contribution >= 0.6 is 0 Å². The molecule has 0 bridgehead atoms. The number of fused-ring (bicyclic) bond motifs is 1. The molecule has 15 heteroatoms. The highest BCUT2D eigenvalue weighted by Gasteiger charge is 2.22. The lowest BCUT2D eigenvalue weighted by Gasteiger charge is -2.22. The highest BCUT2D eigenvalue weighted by molar-refractivity contribution is 5.97. The summed E-state index contributed by atoms with van der Waals surface area (Å²) in [7, 11) is 0. The molecule has 178 valence electrons. The molecule has 0 aliphatic carbocycles. The molecule has 2 heterocycles. The van der Waals surface area contributed by atoms with Gasteiger partial charge in [-0.15, -0.1) is 0 Å². The highest BCUT2D eigenvalue weighted by Crippen LogP contribution is 2.16. The highest BCUT2D eigenvalue weighted by atomic mass is 16.4. The van der Waals surface area contributed by atoms with E-state index in [0.29, 0.717) is 11.4 Å². The number of amides is 1. The number of hydrogen-bond acceptors (Lipinski definition) is 11. The Labute approximate surface area is 190 Å². The summed E-state index contributed by atoms with van der Waals surface area (Å²) in [4.78, 5) is 60.9. The van der Waals surface area contributed by atoms with Crippen LogP contribution in [0.15, 0.2) is 35.3 Å².